The summed E-state index contributed by atoms with van der Waals surface area (Å²) in [6, 6.07) is 7.64. The molecule has 7 nitrogen and oxygen atoms in total. The fourth-order valence-electron chi connectivity index (χ4n) is 2.98. The average Bonchev–Trinajstić information content (AvgIpc) is 2.65. The lowest BCUT2D eigenvalue weighted by atomic mass is 9.80. The monoisotopic (exact) mass is 363 g/mol. The SMILES string of the molecule is COC(=O)C(CC1=NOC(C)(C)C[C@H]1c1ccc(OC)cc1)C(=O)OC. The number of rotatable bonds is 6. The van der Waals surface area contributed by atoms with E-state index in [1.165, 1.54) is 14.2 Å². The van der Waals surface area contributed by atoms with Crippen LogP contribution in [0.2, 0.25) is 0 Å². The van der Waals surface area contributed by atoms with Crippen LogP contribution < -0.4 is 4.74 Å². The van der Waals surface area contributed by atoms with Gasteiger partial charge in [0.1, 0.15) is 11.4 Å². The molecule has 0 aromatic heterocycles. The molecule has 26 heavy (non-hydrogen) atoms. The predicted molar refractivity (Wildman–Crippen MR) is 95.1 cm³/mol. The van der Waals surface area contributed by atoms with Crippen LogP contribution in [0.3, 0.4) is 0 Å². The van der Waals surface area contributed by atoms with E-state index < -0.39 is 23.5 Å². The Hall–Kier alpha value is -2.57. The molecule has 1 aliphatic heterocycles. The molecule has 0 saturated carbocycles. The minimum atomic E-state index is -1.07. The van der Waals surface area contributed by atoms with Gasteiger partial charge in [0.05, 0.1) is 27.0 Å². The van der Waals surface area contributed by atoms with Crippen molar-refractivity contribution in [1.29, 1.82) is 0 Å². The minimum absolute atomic E-state index is 0.0755. The molecule has 0 saturated heterocycles. The van der Waals surface area contributed by atoms with E-state index in [1.54, 1.807) is 7.11 Å². The zero-order valence-electron chi connectivity index (χ0n) is 15.8. The molecule has 1 aromatic rings. The summed E-state index contributed by atoms with van der Waals surface area (Å²) in [6.07, 6.45) is 0.735. The lowest BCUT2D eigenvalue weighted by Crippen LogP contribution is -2.37. The highest BCUT2D eigenvalue weighted by atomic mass is 16.6. The largest absolute Gasteiger partial charge is 0.497 e. The standard InChI is InChI=1S/C19H25NO6/c1-19(2)11-15(12-6-8-13(23-3)9-7-12)16(20-26-19)10-14(17(21)24-4)18(22)25-5/h6-9,14-15H,10-11H2,1-5H3/t15-/m0/s1. The van der Waals surface area contributed by atoms with Crippen molar-refractivity contribution in [1.82, 2.24) is 0 Å². The van der Waals surface area contributed by atoms with Crippen molar-refractivity contribution >= 4 is 17.7 Å². The lowest BCUT2D eigenvalue weighted by Gasteiger charge is -2.34. The molecule has 0 aliphatic carbocycles. The first kappa shape index (κ1) is 19.8. The summed E-state index contributed by atoms with van der Waals surface area (Å²) in [6.45, 7) is 3.89. The number of carbonyl (C=O) groups is 2. The van der Waals surface area contributed by atoms with Crippen molar-refractivity contribution < 1.29 is 28.6 Å². The third kappa shape index (κ3) is 4.53. The van der Waals surface area contributed by atoms with E-state index in [9.17, 15) is 9.59 Å². The maximum atomic E-state index is 12.0. The molecule has 1 aromatic carbocycles. The lowest BCUT2D eigenvalue weighted by molar-refractivity contribution is -0.158. The summed E-state index contributed by atoms with van der Waals surface area (Å²) in [4.78, 5) is 29.6. The van der Waals surface area contributed by atoms with E-state index >= 15 is 0 Å². The molecule has 142 valence electrons. The summed E-state index contributed by atoms with van der Waals surface area (Å²) in [5.41, 5.74) is 1.16. The van der Waals surface area contributed by atoms with Gasteiger partial charge >= 0.3 is 11.9 Å². The van der Waals surface area contributed by atoms with Gasteiger partial charge in [0.2, 0.25) is 0 Å². The second-order valence-corrected chi connectivity index (χ2v) is 6.77. The molecule has 0 bridgehead atoms. The second kappa shape index (κ2) is 8.21. The van der Waals surface area contributed by atoms with Crippen LogP contribution in [0, 0.1) is 5.92 Å². The number of benzene rings is 1. The molecule has 1 atom stereocenters. The smallest absolute Gasteiger partial charge is 0.320 e. The van der Waals surface area contributed by atoms with Crippen LogP contribution in [0.15, 0.2) is 29.4 Å². The van der Waals surface area contributed by atoms with E-state index in [4.69, 9.17) is 19.0 Å². The van der Waals surface area contributed by atoms with Crippen LogP contribution in [-0.2, 0) is 23.9 Å². The molecule has 0 fully saturated rings. The van der Waals surface area contributed by atoms with Crippen LogP contribution in [0.5, 0.6) is 5.75 Å². The topological polar surface area (TPSA) is 83.4 Å². The van der Waals surface area contributed by atoms with Gasteiger partial charge in [-0.2, -0.15) is 0 Å². The fraction of sp³-hybridized carbons (Fsp3) is 0.526. The number of ether oxygens (including phenoxy) is 3. The van der Waals surface area contributed by atoms with Crippen molar-refractivity contribution in [3.8, 4) is 5.75 Å². The van der Waals surface area contributed by atoms with E-state index in [-0.39, 0.29) is 12.3 Å². The van der Waals surface area contributed by atoms with Crippen LogP contribution in [0.4, 0.5) is 0 Å². The van der Waals surface area contributed by atoms with Crippen molar-refractivity contribution in [2.45, 2.75) is 38.2 Å². The van der Waals surface area contributed by atoms with E-state index in [0.717, 1.165) is 11.3 Å². The molecular weight excluding hydrogens is 338 g/mol. The number of oxime groups is 1. The van der Waals surface area contributed by atoms with Gasteiger partial charge in [0, 0.05) is 18.8 Å². The maximum Gasteiger partial charge on any atom is 0.320 e. The first-order valence-corrected chi connectivity index (χ1v) is 8.36. The van der Waals surface area contributed by atoms with Gasteiger partial charge in [-0.1, -0.05) is 17.3 Å². The highest BCUT2D eigenvalue weighted by molar-refractivity contribution is 6.02. The van der Waals surface area contributed by atoms with Crippen LogP contribution in [-0.4, -0.2) is 44.6 Å². The Bertz CT molecular complexity index is 664. The van der Waals surface area contributed by atoms with Gasteiger partial charge in [-0.05, 0) is 31.5 Å². The zero-order valence-corrected chi connectivity index (χ0v) is 15.8. The molecule has 0 amide bonds. The normalized spacial score (nSPS) is 18.5. The van der Waals surface area contributed by atoms with Gasteiger partial charge < -0.3 is 19.0 Å². The number of hydrogen-bond acceptors (Lipinski definition) is 7. The molecule has 0 N–H and O–H groups in total. The van der Waals surface area contributed by atoms with Gasteiger partial charge in [-0.25, -0.2) is 0 Å². The van der Waals surface area contributed by atoms with Gasteiger partial charge in [-0.15, -0.1) is 0 Å². The third-order valence-corrected chi connectivity index (χ3v) is 4.41. The van der Waals surface area contributed by atoms with E-state index in [0.29, 0.717) is 12.1 Å². The summed E-state index contributed by atoms with van der Waals surface area (Å²) in [7, 11) is 4.08. The maximum absolute atomic E-state index is 12.0. The highest BCUT2D eigenvalue weighted by Crippen LogP contribution is 2.36. The molecule has 2 rings (SSSR count). The molecule has 0 spiro atoms. The fourth-order valence-corrected chi connectivity index (χ4v) is 2.98. The zero-order chi connectivity index (χ0) is 19.3. The first-order valence-electron chi connectivity index (χ1n) is 8.36. The van der Waals surface area contributed by atoms with Crippen molar-refractivity contribution in [2.75, 3.05) is 21.3 Å². The van der Waals surface area contributed by atoms with Crippen LogP contribution in [0.1, 0.15) is 38.2 Å². The molecule has 7 heteroatoms. The van der Waals surface area contributed by atoms with Crippen LogP contribution >= 0.6 is 0 Å². The minimum Gasteiger partial charge on any atom is -0.497 e. The quantitative estimate of drug-likeness (QED) is 0.571. The number of hydrogen-bond donors (Lipinski definition) is 0. The third-order valence-electron chi connectivity index (χ3n) is 4.41. The van der Waals surface area contributed by atoms with Gasteiger partial charge in [0.15, 0.2) is 5.92 Å². The van der Waals surface area contributed by atoms with E-state index in [2.05, 4.69) is 5.16 Å². The Kier molecular flexibility index (Phi) is 6.23. The molecule has 0 radical (unpaired) electrons. The number of esters is 2. The van der Waals surface area contributed by atoms with Crippen LogP contribution in [0.25, 0.3) is 0 Å². The average molecular weight is 363 g/mol. The summed E-state index contributed by atoms with van der Waals surface area (Å²) < 4.78 is 14.7. The molecule has 0 unspecified atom stereocenters. The molecule has 1 aliphatic rings. The Morgan fingerprint density at radius 1 is 1.15 bits per heavy atom. The summed E-state index contributed by atoms with van der Waals surface area (Å²) in [5, 5.41) is 4.23. The Balaban J connectivity index is 2.33. The predicted octanol–water partition coefficient (Wildman–Crippen LogP) is 2.69. The van der Waals surface area contributed by atoms with E-state index in [1.807, 2.05) is 38.1 Å². The van der Waals surface area contributed by atoms with Crippen molar-refractivity contribution in [2.24, 2.45) is 11.1 Å². The second-order valence-electron chi connectivity index (χ2n) is 6.77. The molecular formula is C19H25NO6. The van der Waals surface area contributed by atoms with Gasteiger partial charge in [-0.3, -0.25) is 9.59 Å². The first-order chi connectivity index (χ1) is 12.3. The summed E-state index contributed by atoms with van der Waals surface area (Å²) in [5.74, 6) is -1.73. The Labute approximate surface area is 153 Å². The number of methoxy groups -OCH3 is 3. The number of carbonyl (C=O) groups excluding carboxylic acids is 2. The highest BCUT2D eigenvalue weighted by Gasteiger charge is 2.38. The van der Waals surface area contributed by atoms with Crippen molar-refractivity contribution in [3.05, 3.63) is 29.8 Å². The number of nitrogens with zero attached hydrogens (tertiary/aromatic N) is 1. The molecule has 1 heterocycles. The summed E-state index contributed by atoms with van der Waals surface area (Å²) >= 11 is 0. The Morgan fingerprint density at radius 3 is 2.23 bits per heavy atom. The van der Waals surface area contributed by atoms with Crippen molar-refractivity contribution in [3.63, 3.8) is 0 Å². The Morgan fingerprint density at radius 2 is 1.73 bits per heavy atom. The van der Waals surface area contributed by atoms with Gasteiger partial charge in [0.25, 0.3) is 0 Å².